The van der Waals surface area contributed by atoms with Crippen LogP contribution in [0.25, 0.3) is 0 Å². The Morgan fingerprint density at radius 2 is 2.35 bits per heavy atom. The highest BCUT2D eigenvalue weighted by molar-refractivity contribution is 5.02. The number of hydrogen-bond donors (Lipinski definition) is 1. The fourth-order valence-electron chi connectivity index (χ4n) is 2.25. The molecular formula is C13H20N4. The highest BCUT2D eigenvalue weighted by atomic mass is 15.3. The summed E-state index contributed by atoms with van der Waals surface area (Å²) in [4.78, 5) is 0. The van der Waals surface area contributed by atoms with Crippen LogP contribution in [0, 0.1) is 12.3 Å². The fraction of sp³-hybridized carbons (Fsp3) is 0.692. The molecule has 1 atom stereocenters. The molecule has 2 rings (SSSR count). The third-order valence-electron chi connectivity index (χ3n) is 3.22. The van der Waals surface area contributed by atoms with Crippen molar-refractivity contribution in [3.8, 4) is 12.3 Å². The fourth-order valence-corrected chi connectivity index (χ4v) is 2.25. The van der Waals surface area contributed by atoms with Gasteiger partial charge in [-0.25, -0.2) is 0 Å². The Morgan fingerprint density at radius 3 is 3.12 bits per heavy atom. The van der Waals surface area contributed by atoms with Gasteiger partial charge in [0.15, 0.2) is 0 Å². The van der Waals surface area contributed by atoms with Gasteiger partial charge in [0.05, 0.1) is 12.6 Å². The molecule has 17 heavy (non-hydrogen) atoms. The maximum absolute atomic E-state index is 5.48. The van der Waals surface area contributed by atoms with Gasteiger partial charge in [0.2, 0.25) is 0 Å². The number of rotatable bonds is 5. The highest BCUT2D eigenvalue weighted by Crippen LogP contribution is 2.14. The summed E-state index contributed by atoms with van der Waals surface area (Å²) < 4.78 is 2.23. The summed E-state index contributed by atoms with van der Waals surface area (Å²) in [5.74, 6) is 4.93. The molecule has 0 radical (unpaired) electrons. The van der Waals surface area contributed by atoms with E-state index in [9.17, 15) is 0 Å². The van der Waals surface area contributed by atoms with Crippen LogP contribution in [0.1, 0.15) is 44.3 Å². The molecule has 1 aliphatic rings. The van der Waals surface area contributed by atoms with Gasteiger partial charge in [-0.15, -0.1) is 16.6 Å². The molecule has 4 heteroatoms. The van der Waals surface area contributed by atoms with Gasteiger partial charge in [-0.2, -0.15) is 0 Å². The lowest BCUT2D eigenvalue weighted by molar-refractivity contribution is 0.484. The molecule has 92 valence electrons. The number of hydrogen-bond acceptors (Lipinski definition) is 3. The second-order valence-corrected chi connectivity index (χ2v) is 4.53. The first-order valence-corrected chi connectivity index (χ1v) is 6.45. The lowest BCUT2D eigenvalue weighted by Gasteiger charge is -2.16. The average Bonchev–Trinajstić information content (AvgIpc) is 2.78. The minimum absolute atomic E-state index is 0.150. The number of aromatic nitrogens is 3. The SMILES string of the molecule is C#CC(CCC)NCc1nnc2n1CCCC2. The molecule has 1 unspecified atom stereocenters. The Hall–Kier alpha value is -1.34. The van der Waals surface area contributed by atoms with Gasteiger partial charge in [0, 0.05) is 13.0 Å². The van der Waals surface area contributed by atoms with Gasteiger partial charge >= 0.3 is 0 Å². The quantitative estimate of drug-likeness (QED) is 0.782. The summed E-state index contributed by atoms with van der Waals surface area (Å²) >= 11 is 0. The summed E-state index contributed by atoms with van der Waals surface area (Å²) in [5, 5.41) is 11.8. The molecule has 0 bridgehead atoms. The van der Waals surface area contributed by atoms with Crippen LogP contribution in [0.4, 0.5) is 0 Å². The molecule has 1 aromatic heterocycles. The third kappa shape index (κ3) is 2.86. The van der Waals surface area contributed by atoms with E-state index in [1.54, 1.807) is 0 Å². The largest absolute Gasteiger partial charge is 0.314 e. The van der Waals surface area contributed by atoms with E-state index in [1.165, 1.54) is 12.8 Å². The van der Waals surface area contributed by atoms with Gasteiger partial charge in [0.1, 0.15) is 11.6 Å². The standard InChI is InChI=1S/C13H20N4/c1-3-7-11(4-2)14-10-13-16-15-12-8-5-6-9-17(12)13/h2,11,14H,3,5-10H2,1H3. The van der Waals surface area contributed by atoms with Crippen molar-refractivity contribution in [3.05, 3.63) is 11.6 Å². The molecule has 0 fully saturated rings. The molecule has 0 aromatic carbocycles. The number of nitrogens with zero attached hydrogens (tertiary/aromatic N) is 3. The molecule has 0 aliphatic carbocycles. The topological polar surface area (TPSA) is 42.7 Å². The summed E-state index contributed by atoms with van der Waals surface area (Å²) in [7, 11) is 0. The van der Waals surface area contributed by atoms with E-state index in [0.717, 1.165) is 44.0 Å². The maximum Gasteiger partial charge on any atom is 0.147 e. The highest BCUT2D eigenvalue weighted by Gasteiger charge is 2.15. The Bertz CT molecular complexity index is 402. The molecule has 0 spiro atoms. The van der Waals surface area contributed by atoms with Crippen LogP contribution >= 0.6 is 0 Å². The smallest absolute Gasteiger partial charge is 0.147 e. The first-order chi connectivity index (χ1) is 8.35. The second-order valence-electron chi connectivity index (χ2n) is 4.53. The summed E-state index contributed by atoms with van der Waals surface area (Å²) in [6, 6.07) is 0.150. The van der Waals surface area contributed by atoms with Gasteiger partial charge in [-0.1, -0.05) is 19.3 Å². The normalized spacial score (nSPS) is 16.2. The van der Waals surface area contributed by atoms with Crippen molar-refractivity contribution in [1.29, 1.82) is 0 Å². The van der Waals surface area contributed by atoms with Crippen molar-refractivity contribution in [2.24, 2.45) is 0 Å². The molecule has 1 aliphatic heterocycles. The number of nitrogens with one attached hydrogen (secondary N) is 1. The predicted octanol–water partition coefficient (Wildman–Crippen LogP) is 1.51. The van der Waals surface area contributed by atoms with Gasteiger partial charge in [0.25, 0.3) is 0 Å². The van der Waals surface area contributed by atoms with Crippen molar-refractivity contribution < 1.29 is 0 Å². The molecule has 0 saturated heterocycles. The van der Waals surface area contributed by atoms with Crippen molar-refractivity contribution in [2.75, 3.05) is 0 Å². The van der Waals surface area contributed by atoms with Crippen LogP contribution < -0.4 is 5.32 Å². The summed E-state index contributed by atoms with van der Waals surface area (Å²) in [5.41, 5.74) is 0. The molecule has 4 nitrogen and oxygen atoms in total. The van der Waals surface area contributed by atoms with Gasteiger partial charge in [-0.05, 0) is 19.3 Å². The predicted molar refractivity (Wildman–Crippen MR) is 67.3 cm³/mol. The van der Waals surface area contributed by atoms with Crippen LogP contribution in [0.3, 0.4) is 0 Å². The third-order valence-corrected chi connectivity index (χ3v) is 3.22. The zero-order valence-corrected chi connectivity index (χ0v) is 10.4. The van der Waals surface area contributed by atoms with E-state index in [0.29, 0.717) is 0 Å². The van der Waals surface area contributed by atoms with Crippen LogP contribution in [-0.2, 0) is 19.5 Å². The lowest BCUT2D eigenvalue weighted by atomic mass is 10.1. The van der Waals surface area contributed by atoms with Crippen molar-refractivity contribution in [2.45, 2.75) is 58.2 Å². The molecule has 2 heterocycles. The van der Waals surface area contributed by atoms with E-state index in [1.807, 2.05) is 0 Å². The lowest BCUT2D eigenvalue weighted by Crippen LogP contribution is -2.28. The van der Waals surface area contributed by atoms with Crippen LogP contribution in [0.2, 0.25) is 0 Å². The van der Waals surface area contributed by atoms with E-state index < -0.39 is 0 Å². The van der Waals surface area contributed by atoms with Crippen LogP contribution in [0.15, 0.2) is 0 Å². The number of aryl methyl sites for hydroxylation is 1. The molecular weight excluding hydrogens is 212 g/mol. The van der Waals surface area contributed by atoms with Crippen molar-refractivity contribution >= 4 is 0 Å². The van der Waals surface area contributed by atoms with Gasteiger partial charge in [-0.3, -0.25) is 5.32 Å². The minimum atomic E-state index is 0.150. The average molecular weight is 232 g/mol. The molecule has 0 saturated carbocycles. The first kappa shape index (κ1) is 12.1. The van der Waals surface area contributed by atoms with E-state index in [4.69, 9.17) is 6.42 Å². The monoisotopic (exact) mass is 232 g/mol. The Kier molecular flexibility index (Phi) is 4.16. The summed E-state index contributed by atoms with van der Waals surface area (Å²) in [6.45, 7) is 3.92. The van der Waals surface area contributed by atoms with Crippen LogP contribution in [-0.4, -0.2) is 20.8 Å². The second kappa shape index (κ2) is 5.83. The Balaban J connectivity index is 1.95. The molecule has 0 amide bonds. The van der Waals surface area contributed by atoms with Crippen molar-refractivity contribution in [3.63, 3.8) is 0 Å². The van der Waals surface area contributed by atoms with Gasteiger partial charge < -0.3 is 4.57 Å². The zero-order chi connectivity index (χ0) is 12.1. The maximum atomic E-state index is 5.48. The Labute approximate surface area is 103 Å². The molecule has 1 aromatic rings. The van der Waals surface area contributed by atoms with E-state index in [2.05, 4.69) is 32.9 Å². The zero-order valence-electron chi connectivity index (χ0n) is 10.4. The summed E-state index contributed by atoms with van der Waals surface area (Å²) in [6.07, 6.45) is 11.1. The Morgan fingerprint density at radius 1 is 1.47 bits per heavy atom. The van der Waals surface area contributed by atoms with E-state index in [-0.39, 0.29) is 6.04 Å². The van der Waals surface area contributed by atoms with E-state index >= 15 is 0 Å². The number of terminal acetylenes is 1. The van der Waals surface area contributed by atoms with Crippen LogP contribution in [0.5, 0.6) is 0 Å². The number of fused-ring (bicyclic) bond motifs is 1. The van der Waals surface area contributed by atoms with Crippen molar-refractivity contribution in [1.82, 2.24) is 20.1 Å². The minimum Gasteiger partial charge on any atom is -0.314 e. The first-order valence-electron chi connectivity index (χ1n) is 6.45. The molecule has 1 N–H and O–H groups in total.